The Morgan fingerprint density at radius 3 is 2.29 bits per heavy atom. The quantitative estimate of drug-likeness (QED) is 0.757. The van der Waals surface area contributed by atoms with Crippen LogP contribution in [0, 0.1) is 6.92 Å². The zero-order valence-corrected chi connectivity index (χ0v) is 14.7. The Morgan fingerprint density at radius 1 is 1.00 bits per heavy atom. The molecule has 0 aliphatic rings. The standard InChI is InChI=1S/C19H24BrN/c1-4-15-7-9-16(10-8-15)13-19(21-5-2)17-12-14(3)6-11-18(17)20/h6-12,19,21H,4-5,13H2,1-3H3. The number of aryl methyl sites for hydroxylation is 2. The van der Waals surface area contributed by atoms with Crippen molar-refractivity contribution in [2.75, 3.05) is 6.54 Å². The number of hydrogen-bond acceptors (Lipinski definition) is 1. The Hall–Kier alpha value is -1.12. The number of hydrogen-bond donors (Lipinski definition) is 1. The first-order valence-corrected chi connectivity index (χ1v) is 8.50. The molecule has 2 rings (SSSR count). The van der Waals surface area contributed by atoms with Crippen molar-refractivity contribution in [3.05, 3.63) is 69.2 Å². The number of nitrogens with one attached hydrogen (secondary N) is 1. The van der Waals surface area contributed by atoms with Gasteiger partial charge in [0.25, 0.3) is 0 Å². The van der Waals surface area contributed by atoms with Crippen LogP contribution in [0.15, 0.2) is 46.9 Å². The molecule has 0 radical (unpaired) electrons. The first kappa shape index (κ1) is 16.3. The fourth-order valence-electron chi connectivity index (χ4n) is 2.62. The first-order valence-electron chi connectivity index (χ1n) is 7.71. The summed E-state index contributed by atoms with van der Waals surface area (Å²) in [5.41, 5.74) is 5.43. The summed E-state index contributed by atoms with van der Waals surface area (Å²) in [6.45, 7) is 7.48. The summed E-state index contributed by atoms with van der Waals surface area (Å²) in [6.07, 6.45) is 2.11. The predicted octanol–water partition coefficient (Wildman–Crippen LogP) is 5.21. The van der Waals surface area contributed by atoms with Crippen LogP contribution in [0.3, 0.4) is 0 Å². The van der Waals surface area contributed by atoms with Crippen LogP contribution in [0.25, 0.3) is 0 Å². The van der Waals surface area contributed by atoms with Crippen molar-refractivity contribution in [2.45, 2.75) is 39.7 Å². The maximum Gasteiger partial charge on any atom is 0.0372 e. The van der Waals surface area contributed by atoms with Crippen LogP contribution >= 0.6 is 15.9 Å². The lowest BCUT2D eigenvalue weighted by Crippen LogP contribution is -2.23. The first-order chi connectivity index (χ1) is 10.1. The van der Waals surface area contributed by atoms with Crippen molar-refractivity contribution in [1.82, 2.24) is 5.32 Å². The minimum Gasteiger partial charge on any atom is -0.310 e. The molecule has 0 amide bonds. The molecule has 0 saturated heterocycles. The molecule has 1 atom stereocenters. The summed E-state index contributed by atoms with van der Waals surface area (Å²) in [5, 5.41) is 3.61. The van der Waals surface area contributed by atoms with E-state index in [2.05, 4.69) is 84.5 Å². The normalized spacial score (nSPS) is 12.4. The van der Waals surface area contributed by atoms with Gasteiger partial charge in [-0.1, -0.05) is 71.7 Å². The molecule has 0 spiro atoms. The van der Waals surface area contributed by atoms with Gasteiger partial charge in [0, 0.05) is 10.5 Å². The number of rotatable bonds is 6. The lowest BCUT2D eigenvalue weighted by Gasteiger charge is -2.20. The largest absolute Gasteiger partial charge is 0.310 e. The molecule has 1 unspecified atom stereocenters. The van der Waals surface area contributed by atoms with Crippen LogP contribution in [0.2, 0.25) is 0 Å². The third-order valence-electron chi connectivity index (χ3n) is 3.85. The van der Waals surface area contributed by atoms with Crippen molar-refractivity contribution in [3.63, 3.8) is 0 Å². The highest BCUT2D eigenvalue weighted by molar-refractivity contribution is 9.10. The Kier molecular flexibility index (Phi) is 6.01. The predicted molar refractivity (Wildman–Crippen MR) is 94.8 cm³/mol. The number of likely N-dealkylation sites (N-methyl/N-ethyl adjacent to an activating group) is 1. The SMILES string of the molecule is CCNC(Cc1ccc(CC)cc1)c1cc(C)ccc1Br. The van der Waals surface area contributed by atoms with Crippen LogP contribution in [0.4, 0.5) is 0 Å². The van der Waals surface area contributed by atoms with E-state index in [-0.39, 0.29) is 0 Å². The van der Waals surface area contributed by atoms with E-state index in [1.807, 2.05) is 0 Å². The van der Waals surface area contributed by atoms with E-state index < -0.39 is 0 Å². The van der Waals surface area contributed by atoms with Gasteiger partial charge in [-0.25, -0.2) is 0 Å². The van der Waals surface area contributed by atoms with Gasteiger partial charge >= 0.3 is 0 Å². The summed E-state index contributed by atoms with van der Waals surface area (Å²) >= 11 is 3.70. The molecule has 0 aliphatic carbocycles. The highest BCUT2D eigenvalue weighted by atomic mass is 79.9. The molecule has 2 aromatic carbocycles. The van der Waals surface area contributed by atoms with E-state index in [9.17, 15) is 0 Å². The Morgan fingerprint density at radius 2 is 1.67 bits per heavy atom. The molecule has 0 aliphatic heterocycles. The fourth-order valence-corrected chi connectivity index (χ4v) is 3.14. The van der Waals surface area contributed by atoms with Gasteiger partial charge in [-0.05, 0) is 49.1 Å². The average Bonchev–Trinajstić information content (AvgIpc) is 2.50. The zero-order valence-electron chi connectivity index (χ0n) is 13.1. The molecule has 2 heteroatoms. The molecule has 0 aromatic heterocycles. The van der Waals surface area contributed by atoms with Gasteiger partial charge < -0.3 is 5.32 Å². The van der Waals surface area contributed by atoms with Crippen LogP contribution < -0.4 is 5.32 Å². The van der Waals surface area contributed by atoms with E-state index in [0.29, 0.717) is 6.04 Å². The van der Waals surface area contributed by atoms with Crippen LogP contribution in [0.1, 0.15) is 42.1 Å². The zero-order chi connectivity index (χ0) is 15.2. The van der Waals surface area contributed by atoms with Crippen molar-refractivity contribution < 1.29 is 0 Å². The molecular weight excluding hydrogens is 322 g/mol. The molecule has 1 nitrogen and oxygen atoms in total. The maximum absolute atomic E-state index is 3.70. The summed E-state index contributed by atoms with van der Waals surface area (Å²) in [6, 6.07) is 15.9. The molecule has 0 bridgehead atoms. The van der Waals surface area contributed by atoms with Crippen molar-refractivity contribution in [2.24, 2.45) is 0 Å². The summed E-state index contributed by atoms with van der Waals surface area (Å²) in [4.78, 5) is 0. The van der Waals surface area contributed by atoms with Gasteiger partial charge in [0.15, 0.2) is 0 Å². The number of halogens is 1. The lowest BCUT2D eigenvalue weighted by atomic mass is 9.96. The second kappa shape index (κ2) is 7.77. The maximum atomic E-state index is 3.70. The molecule has 21 heavy (non-hydrogen) atoms. The van der Waals surface area contributed by atoms with Gasteiger partial charge in [0.1, 0.15) is 0 Å². The van der Waals surface area contributed by atoms with Crippen LogP contribution in [-0.4, -0.2) is 6.54 Å². The molecule has 112 valence electrons. The van der Waals surface area contributed by atoms with Crippen LogP contribution in [-0.2, 0) is 12.8 Å². The highest BCUT2D eigenvalue weighted by Crippen LogP contribution is 2.27. The minimum atomic E-state index is 0.344. The second-order valence-electron chi connectivity index (χ2n) is 5.51. The molecule has 0 heterocycles. The molecule has 0 saturated carbocycles. The molecule has 1 N–H and O–H groups in total. The summed E-state index contributed by atoms with van der Waals surface area (Å²) in [5.74, 6) is 0. The van der Waals surface area contributed by atoms with Crippen LogP contribution in [0.5, 0.6) is 0 Å². The topological polar surface area (TPSA) is 12.0 Å². The van der Waals surface area contributed by atoms with E-state index in [4.69, 9.17) is 0 Å². The average molecular weight is 346 g/mol. The smallest absolute Gasteiger partial charge is 0.0372 e. The van der Waals surface area contributed by atoms with Crippen molar-refractivity contribution in [3.8, 4) is 0 Å². The lowest BCUT2D eigenvalue weighted by molar-refractivity contribution is 0.547. The van der Waals surface area contributed by atoms with E-state index in [1.54, 1.807) is 0 Å². The Labute approximate surface area is 136 Å². The van der Waals surface area contributed by atoms with E-state index in [0.717, 1.165) is 19.4 Å². The van der Waals surface area contributed by atoms with Gasteiger partial charge in [0.2, 0.25) is 0 Å². The minimum absolute atomic E-state index is 0.344. The molecule has 0 fully saturated rings. The van der Waals surface area contributed by atoms with Gasteiger partial charge in [0.05, 0.1) is 0 Å². The second-order valence-corrected chi connectivity index (χ2v) is 6.36. The van der Waals surface area contributed by atoms with E-state index >= 15 is 0 Å². The fraction of sp³-hybridized carbons (Fsp3) is 0.368. The monoisotopic (exact) mass is 345 g/mol. The summed E-state index contributed by atoms with van der Waals surface area (Å²) < 4.78 is 1.18. The Balaban J connectivity index is 2.23. The molecule has 2 aromatic rings. The number of benzene rings is 2. The third-order valence-corrected chi connectivity index (χ3v) is 4.57. The van der Waals surface area contributed by atoms with Crippen molar-refractivity contribution >= 4 is 15.9 Å². The van der Waals surface area contributed by atoms with Gasteiger partial charge in [-0.2, -0.15) is 0 Å². The van der Waals surface area contributed by atoms with E-state index in [1.165, 1.54) is 26.7 Å². The van der Waals surface area contributed by atoms with Gasteiger partial charge in [-0.15, -0.1) is 0 Å². The Bertz CT molecular complexity index is 575. The highest BCUT2D eigenvalue weighted by Gasteiger charge is 2.14. The summed E-state index contributed by atoms with van der Waals surface area (Å²) in [7, 11) is 0. The molecular formula is C19H24BrN. The third kappa shape index (κ3) is 4.42. The van der Waals surface area contributed by atoms with Crippen molar-refractivity contribution in [1.29, 1.82) is 0 Å². The van der Waals surface area contributed by atoms with Gasteiger partial charge in [-0.3, -0.25) is 0 Å².